The van der Waals surface area contributed by atoms with Gasteiger partial charge in [0.05, 0.1) is 25.4 Å². The Morgan fingerprint density at radius 3 is 1.83 bits per heavy atom. The number of benzene rings is 2. The van der Waals surface area contributed by atoms with Gasteiger partial charge in [-0.05, 0) is 34.8 Å². The van der Waals surface area contributed by atoms with E-state index in [-0.39, 0.29) is 0 Å². The van der Waals surface area contributed by atoms with E-state index in [0.717, 1.165) is 26.1 Å². The predicted octanol–water partition coefficient (Wildman–Crippen LogP) is 4.13. The Hall–Kier alpha value is -1.90. The average Bonchev–Trinajstić information content (AvgIpc) is 3.47. The third kappa shape index (κ3) is 4.10. The topological polar surface area (TPSA) is 25.1 Å². The van der Waals surface area contributed by atoms with E-state index in [4.69, 9.17) is 9.47 Å². The predicted molar refractivity (Wildman–Crippen MR) is 93.3 cm³/mol. The van der Waals surface area contributed by atoms with Crippen LogP contribution < -0.4 is 0 Å². The summed E-state index contributed by atoms with van der Waals surface area (Å²) in [4.78, 5) is 0. The van der Waals surface area contributed by atoms with Crippen molar-refractivity contribution in [2.75, 3.05) is 13.2 Å². The zero-order valence-electron chi connectivity index (χ0n) is 13.5. The minimum absolute atomic E-state index is 0.456. The summed E-state index contributed by atoms with van der Waals surface area (Å²) in [5.41, 5.74) is 6.53. The monoisotopic (exact) mass is 306 g/mol. The molecule has 0 spiro atoms. The van der Waals surface area contributed by atoms with E-state index in [9.17, 15) is 0 Å². The van der Waals surface area contributed by atoms with Crippen molar-refractivity contribution in [2.24, 2.45) is 0 Å². The molecule has 2 heterocycles. The van der Waals surface area contributed by atoms with E-state index < -0.39 is 0 Å². The number of epoxide rings is 2. The molecule has 2 saturated heterocycles. The van der Waals surface area contributed by atoms with Crippen molar-refractivity contribution in [3.05, 3.63) is 70.8 Å². The number of hydrogen-bond donors (Lipinski definition) is 0. The average molecular weight is 306 g/mol. The molecule has 0 amide bonds. The highest BCUT2D eigenvalue weighted by Crippen LogP contribution is 2.22. The highest BCUT2D eigenvalue weighted by molar-refractivity contribution is 5.80. The van der Waals surface area contributed by atoms with Gasteiger partial charge in [0.1, 0.15) is 0 Å². The van der Waals surface area contributed by atoms with Gasteiger partial charge in [-0.2, -0.15) is 0 Å². The summed E-state index contributed by atoms with van der Waals surface area (Å²) in [6, 6.07) is 17.7. The molecular weight excluding hydrogens is 284 g/mol. The van der Waals surface area contributed by atoms with E-state index in [1.165, 1.54) is 27.8 Å². The molecule has 2 unspecified atom stereocenters. The normalized spacial score (nSPS) is 22.9. The van der Waals surface area contributed by atoms with Gasteiger partial charge in [0, 0.05) is 12.8 Å². The van der Waals surface area contributed by atoms with Gasteiger partial charge in [-0.15, -0.1) is 0 Å². The molecule has 2 aromatic carbocycles. The minimum Gasteiger partial charge on any atom is -0.373 e. The van der Waals surface area contributed by atoms with Crippen LogP contribution in [0.25, 0.3) is 11.6 Å². The first-order valence-electron chi connectivity index (χ1n) is 8.36. The summed E-state index contributed by atoms with van der Waals surface area (Å²) < 4.78 is 10.6. The molecule has 0 aliphatic carbocycles. The molecule has 2 heteroatoms. The van der Waals surface area contributed by atoms with Crippen LogP contribution in [0.2, 0.25) is 0 Å². The Balaban J connectivity index is 1.43. The minimum atomic E-state index is 0.456. The summed E-state index contributed by atoms with van der Waals surface area (Å²) in [5.74, 6) is 0. The third-order valence-electron chi connectivity index (χ3n) is 4.50. The first-order valence-corrected chi connectivity index (χ1v) is 8.36. The molecule has 2 nitrogen and oxygen atoms in total. The first kappa shape index (κ1) is 14.7. The lowest BCUT2D eigenvalue weighted by atomic mass is 10.0. The molecule has 2 aromatic rings. The Morgan fingerprint density at radius 1 is 0.870 bits per heavy atom. The molecule has 2 aliphatic rings. The van der Waals surface area contributed by atoms with E-state index in [0.29, 0.717) is 12.2 Å². The van der Waals surface area contributed by atoms with Crippen LogP contribution >= 0.6 is 0 Å². The second kappa shape index (κ2) is 6.31. The van der Waals surface area contributed by atoms with Crippen LogP contribution in [0.3, 0.4) is 0 Å². The molecule has 2 atom stereocenters. The van der Waals surface area contributed by atoms with Gasteiger partial charge in [-0.25, -0.2) is 0 Å². The van der Waals surface area contributed by atoms with Gasteiger partial charge in [0.15, 0.2) is 0 Å². The van der Waals surface area contributed by atoms with Crippen molar-refractivity contribution in [3.8, 4) is 0 Å². The largest absolute Gasteiger partial charge is 0.373 e. The number of hydrogen-bond acceptors (Lipinski definition) is 2. The summed E-state index contributed by atoms with van der Waals surface area (Å²) >= 11 is 0. The summed E-state index contributed by atoms with van der Waals surface area (Å²) in [7, 11) is 0. The summed E-state index contributed by atoms with van der Waals surface area (Å²) in [5, 5.41) is 0. The van der Waals surface area contributed by atoms with Gasteiger partial charge in [-0.1, -0.05) is 54.6 Å². The fourth-order valence-electron chi connectivity index (χ4n) is 2.88. The van der Waals surface area contributed by atoms with Crippen molar-refractivity contribution in [3.63, 3.8) is 0 Å². The van der Waals surface area contributed by atoms with Crippen LogP contribution in [0.1, 0.15) is 29.2 Å². The maximum Gasteiger partial charge on any atom is 0.0850 e. The standard InChI is InChI=1S/C21H22O2/c1-15(19-8-6-18(7-9-19)12-21-14-23-21)10-16-2-4-17(5-3-16)11-20-13-22-20/h2-10,20-21H,11-14H2,1H3/b15-10+. The molecule has 0 aromatic heterocycles. The third-order valence-corrected chi connectivity index (χ3v) is 4.50. The van der Waals surface area contributed by atoms with Crippen molar-refractivity contribution in [2.45, 2.75) is 32.0 Å². The molecule has 0 saturated carbocycles. The molecule has 0 radical (unpaired) electrons. The second-order valence-electron chi connectivity index (χ2n) is 6.58. The molecular formula is C21H22O2. The molecule has 23 heavy (non-hydrogen) atoms. The molecule has 118 valence electrons. The lowest BCUT2D eigenvalue weighted by Crippen LogP contribution is -1.93. The fourth-order valence-corrected chi connectivity index (χ4v) is 2.88. The van der Waals surface area contributed by atoms with Gasteiger partial charge in [0.2, 0.25) is 0 Å². The van der Waals surface area contributed by atoms with Crippen LogP contribution in [0.15, 0.2) is 48.5 Å². The quantitative estimate of drug-likeness (QED) is 0.592. The summed E-state index contributed by atoms with van der Waals surface area (Å²) in [6.07, 6.45) is 5.23. The smallest absolute Gasteiger partial charge is 0.0850 e. The maximum atomic E-state index is 5.29. The molecule has 4 rings (SSSR count). The van der Waals surface area contributed by atoms with Crippen LogP contribution in [-0.2, 0) is 22.3 Å². The zero-order valence-corrected chi connectivity index (χ0v) is 13.5. The second-order valence-corrected chi connectivity index (χ2v) is 6.58. The zero-order chi connectivity index (χ0) is 15.6. The molecule has 0 N–H and O–H groups in total. The summed E-state index contributed by atoms with van der Waals surface area (Å²) in [6.45, 7) is 4.01. The Morgan fingerprint density at radius 2 is 1.35 bits per heavy atom. The first-order chi connectivity index (χ1) is 11.3. The van der Waals surface area contributed by atoms with E-state index in [1.54, 1.807) is 0 Å². The highest BCUT2D eigenvalue weighted by atomic mass is 16.6. The van der Waals surface area contributed by atoms with Gasteiger partial charge < -0.3 is 9.47 Å². The van der Waals surface area contributed by atoms with Gasteiger partial charge >= 0.3 is 0 Å². The number of ether oxygens (including phenoxy) is 2. The van der Waals surface area contributed by atoms with Crippen molar-refractivity contribution < 1.29 is 9.47 Å². The SMILES string of the molecule is C/C(=C\c1ccc(CC2CO2)cc1)c1ccc(CC2CO2)cc1. The maximum absolute atomic E-state index is 5.29. The number of allylic oxidation sites excluding steroid dienone is 1. The molecule has 2 aliphatic heterocycles. The Labute approximate surface area is 137 Å². The molecule has 2 fully saturated rings. The van der Waals surface area contributed by atoms with Gasteiger partial charge in [-0.3, -0.25) is 0 Å². The van der Waals surface area contributed by atoms with Gasteiger partial charge in [0.25, 0.3) is 0 Å². The lowest BCUT2D eigenvalue weighted by molar-refractivity contribution is 0.407. The van der Waals surface area contributed by atoms with E-state index in [2.05, 4.69) is 61.5 Å². The van der Waals surface area contributed by atoms with Crippen molar-refractivity contribution >= 4 is 11.6 Å². The Kier molecular flexibility index (Phi) is 4.02. The van der Waals surface area contributed by atoms with Crippen LogP contribution in [0.4, 0.5) is 0 Å². The fraction of sp³-hybridized carbons (Fsp3) is 0.333. The van der Waals surface area contributed by atoms with E-state index >= 15 is 0 Å². The number of rotatable bonds is 6. The van der Waals surface area contributed by atoms with Crippen molar-refractivity contribution in [1.82, 2.24) is 0 Å². The van der Waals surface area contributed by atoms with Crippen molar-refractivity contribution in [1.29, 1.82) is 0 Å². The van der Waals surface area contributed by atoms with E-state index in [1.807, 2.05) is 0 Å². The van der Waals surface area contributed by atoms with Crippen LogP contribution in [0.5, 0.6) is 0 Å². The van der Waals surface area contributed by atoms with Crippen LogP contribution in [0, 0.1) is 0 Å². The highest BCUT2D eigenvalue weighted by Gasteiger charge is 2.22. The molecule has 0 bridgehead atoms. The van der Waals surface area contributed by atoms with Crippen LogP contribution in [-0.4, -0.2) is 25.4 Å². The Bertz CT molecular complexity index is 690. The lowest BCUT2D eigenvalue weighted by Gasteiger charge is -2.05.